The summed E-state index contributed by atoms with van der Waals surface area (Å²) in [5.41, 5.74) is 0. The minimum Gasteiger partial charge on any atom is -0.355 e. The molecule has 3 amide bonds. The SMILES string of the molecule is CCCCNC(=O)[C@@H](C)N1CCC(NC(=O)NC2CCCCC2)CC1. The summed E-state index contributed by atoms with van der Waals surface area (Å²) in [4.78, 5) is 26.5. The molecule has 0 aromatic carbocycles. The molecule has 1 aliphatic heterocycles. The van der Waals surface area contributed by atoms with Gasteiger partial charge >= 0.3 is 6.03 Å². The van der Waals surface area contributed by atoms with Crippen LogP contribution in [0, 0.1) is 0 Å². The van der Waals surface area contributed by atoms with Crippen molar-refractivity contribution < 1.29 is 9.59 Å². The second-order valence-electron chi connectivity index (χ2n) is 7.58. The number of amides is 3. The van der Waals surface area contributed by atoms with Crippen LogP contribution in [0.3, 0.4) is 0 Å². The Hall–Kier alpha value is -1.30. The lowest BCUT2D eigenvalue weighted by atomic mass is 9.96. The van der Waals surface area contributed by atoms with Gasteiger partial charge in [-0.05, 0) is 39.0 Å². The number of nitrogens with one attached hydrogen (secondary N) is 3. The van der Waals surface area contributed by atoms with Crippen molar-refractivity contribution in [2.75, 3.05) is 19.6 Å². The molecule has 3 N–H and O–H groups in total. The van der Waals surface area contributed by atoms with Gasteiger partial charge in [0.05, 0.1) is 6.04 Å². The van der Waals surface area contributed by atoms with Crippen molar-refractivity contribution in [3.05, 3.63) is 0 Å². The van der Waals surface area contributed by atoms with Crippen molar-refractivity contribution in [3.8, 4) is 0 Å². The van der Waals surface area contributed by atoms with E-state index in [1.807, 2.05) is 6.92 Å². The molecule has 1 saturated carbocycles. The molecule has 0 radical (unpaired) electrons. The highest BCUT2D eigenvalue weighted by Crippen LogP contribution is 2.17. The molecule has 0 spiro atoms. The molecule has 1 aliphatic carbocycles. The van der Waals surface area contributed by atoms with Gasteiger partial charge in [0, 0.05) is 31.7 Å². The number of hydrogen-bond donors (Lipinski definition) is 3. The first kappa shape index (κ1) is 20.0. The predicted molar refractivity (Wildman–Crippen MR) is 101 cm³/mol. The van der Waals surface area contributed by atoms with Gasteiger partial charge in [-0.3, -0.25) is 9.69 Å². The number of likely N-dealkylation sites (tertiary alicyclic amines) is 1. The fraction of sp³-hybridized carbons (Fsp3) is 0.895. The molecule has 1 atom stereocenters. The molecular weight excluding hydrogens is 316 g/mol. The van der Waals surface area contributed by atoms with Crippen molar-refractivity contribution in [2.24, 2.45) is 0 Å². The Balaban J connectivity index is 1.64. The third-order valence-electron chi connectivity index (χ3n) is 5.56. The number of nitrogens with zero attached hydrogens (tertiary/aromatic N) is 1. The first-order valence-electron chi connectivity index (χ1n) is 10.2. The highest BCUT2D eigenvalue weighted by molar-refractivity contribution is 5.81. The molecular formula is C19H36N4O2. The van der Waals surface area contributed by atoms with Gasteiger partial charge < -0.3 is 16.0 Å². The van der Waals surface area contributed by atoms with E-state index in [1.54, 1.807) is 0 Å². The summed E-state index contributed by atoms with van der Waals surface area (Å²) < 4.78 is 0. The van der Waals surface area contributed by atoms with Crippen LogP contribution in [0.25, 0.3) is 0 Å². The van der Waals surface area contributed by atoms with Crippen molar-refractivity contribution >= 4 is 11.9 Å². The largest absolute Gasteiger partial charge is 0.355 e. The highest BCUT2D eigenvalue weighted by atomic mass is 16.2. The zero-order valence-corrected chi connectivity index (χ0v) is 16.0. The highest BCUT2D eigenvalue weighted by Gasteiger charge is 2.27. The minimum atomic E-state index is -0.0890. The average Bonchev–Trinajstić information content (AvgIpc) is 2.62. The second-order valence-corrected chi connectivity index (χ2v) is 7.58. The quantitative estimate of drug-likeness (QED) is 0.616. The van der Waals surface area contributed by atoms with E-state index < -0.39 is 0 Å². The Morgan fingerprint density at radius 3 is 2.20 bits per heavy atom. The molecule has 25 heavy (non-hydrogen) atoms. The number of carbonyl (C=O) groups excluding carboxylic acids is 2. The van der Waals surface area contributed by atoms with Crippen molar-refractivity contribution in [2.45, 2.75) is 89.8 Å². The van der Waals surface area contributed by atoms with E-state index in [0.717, 1.165) is 58.2 Å². The number of urea groups is 1. The summed E-state index contributed by atoms with van der Waals surface area (Å²) in [5.74, 6) is 0.120. The molecule has 0 aromatic rings. The molecule has 0 aromatic heterocycles. The molecule has 2 fully saturated rings. The zero-order chi connectivity index (χ0) is 18.1. The smallest absolute Gasteiger partial charge is 0.315 e. The standard InChI is InChI=1S/C19H36N4O2/c1-3-4-12-20-18(24)15(2)23-13-10-17(11-14-23)22-19(25)21-16-8-6-5-7-9-16/h15-17H,3-14H2,1-2H3,(H,20,24)(H2,21,22,25)/t15-/m1/s1. The lowest BCUT2D eigenvalue weighted by Gasteiger charge is -2.35. The van der Waals surface area contributed by atoms with E-state index in [4.69, 9.17) is 0 Å². The van der Waals surface area contributed by atoms with E-state index in [9.17, 15) is 9.59 Å². The maximum absolute atomic E-state index is 12.2. The van der Waals surface area contributed by atoms with Crippen LogP contribution in [0.2, 0.25) is 0 Å². The summed E-state index contributed by atoms with van der Waals surface area (Å²) in [6.45, 7) is 6.58. The van der Waals surface area contributed by atoms with Gasteiger partial charge in [0.15, 0.2) is 0 Å². The van der Waals surface area contributed by atoms with Gasteiger partial charge in [-0.2, -0.15) is 0 Å². The Morgan fingerprint density at radius 1 is 1.00 bits per heavy atom. The van der Waals surface area contributed by atoms with Crippen molar-refractivity contribution in [1.82, 2.24) is 20.9 Å². The predicted octanol–water partition coefficient (Wildman–Crippen LogP) is 2.39. The Kier molecular flexibility index (Phi) is 8.52. The normalized spacial score (nSPS) is 21.5. The second kappa shape index (κ2) is 10.6. The summed E-state index contributed by atoms with van der Waals surface area (Å²) in [7, 11) is 0. The Morgan fingerprint density at radius 2 is 1.60 bits per heavy atom. The molecule has 2 aliphatic rings. The van der Waals surface area contributed by atoms with E-state index in [-0.39, 0.29) is 24.0 Å². The van der Waals surface area contributed by atoms with Gasteiger partial charge in [-0.1, -0.05) is 32.6 Å². The first-order valence-corrected chi connectivity index (χ1v) is 10.2. The van der Waals surface area contributed by atoms with Crippen LogP contribution in [0.15, 0.2) is 0 Å². The summed E-state index contributed by atoms with van der Waals surface area (Å²) in [5, 5.41) is 9.25. The molecule has 0 bridgehead atoms. The third-order valence-corrected chi connectivity index (χ3v) is 5.56. The maximum atomic E-state index is 12.2. The Bertz CT molecular complexity index is 416. The van der Waals surface area contributed by atoms with Gasteiger partial charge in [0.25, 0.3) is 0 Å². The molecule has 6 nitrogen and oxygen atoms in total. The average molecular weight is 353 g/mol. The number of carbonyl (C=O) groups is 2. The van der Waals surface area contributed by atoms with Gasteiger partial charge in [-0.15, -0.1) is 0 Å². The Labute approximate surface area is 152 Å². The van der Waals surface area contributed by atoms with E-state index in [0.29, 0.717) is 6.04 Å². The number of hydrogen-bond acceptors (Lipinski definition) is 3. The maximum Gasteiger partial charge on any atom is 0.315 e. The van der Waals surface area contributed by atoms with E-state index >= 15 is 0 Å². The topological polar surface area (TPSA) is 73.5 Å². The summed E-state index contributed by atoms with van der Waals surface area (Å²) >= 11 is 0. The molecule has 1 saturated heterocycles. The lowest BCUT2D eigenvalue weighted by molar-refractivity contribution is -0.126. The zero-order valence-electron chi connectivity index (χ0n) is 16.0. The van der Waals surface area contributed by atoms with Gasteiger partial charge in [-0.25, -0.2) is 4.79 Å². The van der Waals surface area contributed by atoms with E-state index in [1.165, 1.54) is 19.3 Å². The molecule has 2 rings (SSSR count). The van der Waals surface area contributed by atoms with Crippen molar-refractivity contribution in [1.29, 1.82) is 0 Å². The van der Waals surface area contributed by atoms with E-state index in [2.05, 4.69) is 27.8 Å². The van der Waals surface area contributed by atoms with Crippen LogP contribution in [0.1, 0.15) is 71.6 Å². The fourth-order valence-corrected chi connectivity index (χ4v) is 3.79. The summed E-state index contributed by atoms with van der Waals surface area (Å²) in [6, 6.07) is 0.459. The van der Waals surface area contributed by atoms with Crippen LogP contribution in [-0.4, -0.2) is 54.6 Å². The van der Waals surface area contributed by atoms with Crippen LogP contribution in [0.4, 0.5) is 4.79 Å². The minimum absolute atomic E-state index is 0.0179. The number of rotatable bonds is 7. The molecule has 144 valence electrons. The lowest BCUT2D eigenvalue weighted by Crippen LogP contribution is -2.53. The first-order chi connectivity index (χ1) is 12.1. The summed E-state index contributed by atoms with van der Waals surface area (Å²) in [6.07, 6.45) is 9.89. The molecule has 0 unspecified atom stereocenters. The van der Waals surface area contributed by atoms with Crippen LogP contribution in [-0.2, 0) is 4.79 Å². The van der Waals surface area contributed by atoms with Gasteiger partial charge in [0.1, 0.15) is 0 Å². The fourth-order valence-electron chi connectivity index (χ4n) is 3.79. The van der Waals surface area contributed by atoms with Gasteiger partial charge in [0.2, 0.25) is 5.91 Å². The molecule has 6 heteroatoms. The molecule has 1 heterocycles. The van der Waals surface area contributed by atoms with Crippen molar-refractivity contribution in [3.63, 3.8) is 0 Å². The monoisotopic (exact) mass is 352 g/mol. The van der Waals surface area contributed by atoms with Crippen LogP contribution >= 0.6 is 0 Å². The number of piperidine rings is 1. The number of unbranched alkanes of at least 4 members (excludes halogenated alkanes) is 1. The van der Waals surface area contributed by atoms with Crippen LogP contribution in [0.5, 0.6) is 0 Å². The van der Waals surface area contributed by atoms with Crippen LogP contribution < -0.4 is 16.0 Å². The third kappa shape index (κ3) is 6.84.